The molecule has 0 aliphatic heterocycles. The van der Waals surface area contributed by atoms with Crippen LogP contribution in [0.3, 0.4) is 0 Å². The molecule has 1 rings (SSSR count). The molecule has 0 aromatic heterocycles. The largest absolute Gasteiger partial charge is 0.416 e. The SMILES string of the molecule is CCC(C)(C)NC(=O)Cc1cccc(C(F)(F)F)c1. The summed E-state index contributed by atoms with van der Waals surface area (Å²) in [4.78, 5) is 11.8. The second kappa shape index (κ2) is 5.63. The van der Waals surface area contributed by atoms with E-state index < -0.39 is 11.7 Å². The van der Waals surface area contributed by atoms with Crippen LogP contribution in [0.4, 0.5) is 13.2 Å². The van der Waals surface area contributed by atoms with E-state index in [0.717, 1.165) is 18.6 Å². The Labute approximate surface area is 111 Å². The minimum atomic E-state index is -4.38. The minimum absolute atomic E-state index is 0.0483. The molecule has 0 aliphatic carbocycles. The molecule has 0 unspecified atom stereocenters. The van der Waals surface area contributed by atoms with Gasteiger partial charge in [-0.25, -0.2) is 0 Å². The summed E-state index contributed by atoms with van der Waals surface area (Å²) in [5.41, 5.74) is -0.717. The summed E-state index contributed by atoms with van der Waals surface area (Å²) in [6.45, 7) is 5.68. The van der Waals surface area contributed by atoms with E-state index in [-0.39, 0.29) is 17.9 Å². The molecule has 0 bridgehead atoms. The molecule has 106 valence electrons. The van der Waals surface area contributed by atoms with Crippen LogP contribution in [0, 0.1) is 0 Å². The molecule has 19 heavy (non-hydrogen) atoms. The Balaban J connectivity index is 2.76. The van der Waals surface area contributed by atoms with Crippen molar-refractivity contribution in [1.29, 1.82) is 0 Å². The number of amides is 1. The van der Waals surface area contributed by atoms with Crippen molar-refractivity contribution in [1.82, 2.24) is 5.32 Å². The van der Waals surface area contributed by atoms with Gasteiger partial charge < -0.3 is 5.32 Å². The number of alkyl halides is 3. The van der Waals surface area contributed by atoms with Gasteiger partial charge in [-0.3, -0.25) is 4.79 Å². The van der Waals surface area contributed by atoms with E-state index in [1.807, 2.05) is 20.8 Å². The van der Waals surface area contributed by atoms with Gasteiger partial charge in [0.05, 0.1) is 12.0 Å². The van der Waals surface area contributed by atoms with Crippen molar-refractivity contribution in [3.63, 3.8) is 0 Å². The lowest BCUT2D eigenvalue weighted by Crippen LogP contribution is -2.43. The summed E-state index contributed by atoms with van der Waals surface area (Å²) in [6.07, 6.45) is -3.68. The maximum atomic E-state index is 12.5. The first-order chi connectivity index (χ1) is 8.64. The number of nitrogens with one attached hydrogen (secondary N) is 1. The normalized spacial score (nSPS) is 12.3. The Hall–Kier alpha value is -1.52. The van der Waals surface area contributed by atoms with Gasteiger partial charge in [-0.15, -0.1) is 0 Å². The van der Waals surface area contributed by atoms with Crippen LogP contribution in [0.1, 0.15) is 38.3 Å². The smallest absolute Gasteiger partial charge is 0.351 e. The third kappa shape index (κ3) is 4.93. The van der Waals surface area contributed by atoms with Crippen molar-refractivity contribution in [2.75, 3.05) is 0 Å². The predicted molar refractivity (Wildman–Crippen MR) is 67.7 cm³/mol. The fraction of sp³-hybridized carbons (Fsp3) is 0.500. The Morgan fingerprint density at radius 1 is 1.26 bits per heavy atom. The standard InChI is InChI=1S/C14H18F3NO/c1-4-13(2,3)18-12(19)9-10-6-5-7-11(8-10)14(15,16)17/h5-8H,4,9H2,1-3H3,(H,18,19). The molecule has 0 fully saturated rings. The molecule has 0 atom stereocenters. The number of carbonyl (C=O) groups is 1. The Bertz CT molecular complexity index is 452. The number of benzene rings is 1. The zero-order chi connectivity index (χ0) is 14.7. The van der Waals surface area contributed by atoms with E-state index in [4.69, 9.17) is 0 Å². The van der Waals surface area contributed by atoms with Gasteiger partial charge in [0.1, 0.15) is 0 Å². The zero-order valence-corrected chi connectivity index (χ0v) is 11.3. The fourth-order valence-corrected chi connectivity index (χ4v) is 1.55. The number of rotatable bonds is 4. The number of carbonyl (C=O) groups excluding carboxylic acids is 1. The van der Waals surface area contributed by atoms with Crippen molar-refractivity contribution >= 4 is 5.91 Å². The van der Waals surface area contributed by atoms with E-state index >= 15 is 0 Å². The summed E-state index contributed by atoms with van der Waals surface area (Å²) in [5, 5.41) is 2.79. The number of hydrogen-bond donors (Lipinski definition) is 1. The molecule has 0 spiro atoms. The summed E-state index contributed by atoms with van der Waals surface area (Å²) < 4.78 is 37.6. The van der Waals surface area contributed by atoms with Crippen LogP contribution in [0.15, 0.2) is 24.3 Å². The summed E-state index contributed by atoms with van der Waals surface area (Å²) in [6, 6.07) is 4.85. The van der Waals surface area contributed by atoms with Gasteiger partial charge in [0.25, 0.3) is 0 Å². The molecule has 0 saturated carbocycles. The minimum Gasteiger partial charge on any atom is -0.351 e. The number of hydrogen-bond acceptors (Lipinski definition) is 1. The quantitative estimate of drug-likeness (QED) is 0.893. The molecule has 1 N–H and O–H groups in total. The van der Waals surface area contributed by atoms with Crippen LogP contribution in [-0.2, 0) is 17.4 Å². The van der Waals surface area contributed by atoms with Crippen molar-refractivity contribution in [3.8, 4) is 0 Å². The van der Waals surface area contributed by atoms with Gasteiger partial charge in [-0.2, -0.15) is 13.2 Å². The highest BCUT2D eigenvalue weighted by Gasteiger charge is 2.30. The van der Waals surface area contributed by atoms with Crippen LogP contribution in [-0.4, -0.2) is 11.4 Å². The third-order valence-corrected chi connectivity index (χ3v) is 2.98. The highest BCUT2D eigenvalue weighted by molar-refractivity contribution is 5.79. The topological polar surface area (TPSA) is 29.1 Å². The average Bonchev–Trinajstić information content (AvgIpc) is 2.27. The molecule has 0 aliphatic rings. The van der Waals surface area contributed by atoms with Crippen molar-refractivity contribution < 1.29 is 18.0 Å². The zero-order valence-electron chi connectivity index (χ0n) is 11.3. The molecular weight excluding hydrogens is 255 g/mol. The van der Waals surface area contributed by atoms with E-state index in [1.54, 1.807) is 0 Å². The molecule has 1 aromatic carbocycles. The van der Waals surface area contributed by atoms with Crippen molar-refractivity contribution in [2.45, 2.75) is 45.3 Å². The van der Waals surface area contributed by atoms with E-state index in [2.05, 4.69) is 5.32 Å². The van der Waals surface area contributed by atoms with Gasteiger partial charge in [0, 0.05) is 5.54 Å². The first-order valence-corrected chi connectivity index (χ1v) is 6.11. The third-order valence-electron chi connectivity index (χ3n) is 2.98. The maximum Gasteiger partial charge on any atom is 0.416 e. The predicted octanol–water partition coefficient (Wildman–Crippen LogP) is 3.55. The van der Waals surface area contributed by atoms with Crippen LogP contribution < -0.4 is 5.32 Å². The Morgan fingerprint density at radius 3 is 2.42 bits per heavy atom. The van der Waals surface area contributed by atoms with Gasteiger partial charge in [-0.05, 0) is 31.9 Å². The monoisotopic (exact) mass is 273 g/mol. The number of halogens is 3. The van der Waals surface area contributed by atoms with Crippen LogP contribution in [0.2, 0.25) is 0 Å². The molecule has 0 radical (unpaired) electrons. The van der Waals surface area contributed by atoms with E-state index in [0.29, 0.717) is 5.56 Å². The first-order valence-electron chi connectivity index (χ1n) is 6.11. The van der Waals surface area contributed by atoms with Gasteiger partial charge in [0.2, 0.25) is 5.91 Å². The lowest BCUT2D eigenvalue weighted by atomic mass is 10.0. The Kier molecular flexibility index (Phi) is 4.61. The Morgan fingerprint density at radius 2 is 1.89 bits per heavy atom. The second-order valence-corrected chi connectivity index (χ2v) is 5.16. The van der Waals surface area contributed by atoms with Gasteiger partial charge >= 0.3 is 6.18 Å². The lowest BCUT2D eigenvalue weighted by Gasteiger charge is -2.24. The highest BCUT2D eigenvalue weighted by atomic mass is 19.4. The van der Waals surface area contributed by atoms with Crippen LogP contribution in [0.25, 0.3) is 0 Å². The van der Waals surface area contributed by atoms with Gasteiger partial charge in [-0.1, -0.05) is 25.1 Å². The molecule has 0 heterocycles. The van der Waals surface area contributed by atoms with Crippen molar-refractivity contribution in [2.24, 2.45) is 0 Å². The maximum absolute atomic E-state index is 12.5. The molecule has 5 heteroatoms. The molecular formula is C14H18F3NO. The molecule has 2 nitrogen and oxygen atoms in total. The second-order valence-electron chi connectivity index (χ2n) is 5.16. The van der Waals surface area contributed by atoms with Gasteiger partial charge in [0.15, 0.2) is 0 Å². The lowest BCUT2D eigenvalue weighted by molar-refractivity contribution is -0.137. The summed E-state index contributed by atoms with van der Waals surface area (Å²) >= 11 is 0. The highest BCUT2D eigenvalue weighted by Crippen LogP contribution is 2.29. The van der Waals surface area contributed by atoms with Crippen LogP contribution in [0.5, 0.6) is 0 Å². The first kappa shape index (κ1) is 15.5. The summed E-state index contributed by atoms with van der Waals surface area (Å²) in [7, 11) is 0. The molecule has 1 aromatic rings. The van der Waals surface area contributed by atoms with Crippen LogP contribution >= 0.6 is 0 Å². The molecule has 1 amide bonds. The average molecular weight is 273 g/mol. The fourth-order valence-electron chi connectivity index (χ4n) is 1.55. The summed E-state index contributed by atoms with van der Waals surface area (Å²) in [5.74, 6) is -0.272. The van der Waals surface area contributed by atoms with E-state index in [9.17, 15) is 18.0 Å². The molecule has 0 saturated heterocycles. The van der Waals surface area contributed by atoms with E-state index in [1.165, 1.54) is 12.1 Å². The van der Waals surface area contributed by atoms with Crippen molar-refractivity contribution in [3.05, 3.63) is 35.4 Å².